The second-order valence-corrected chi connectivity index (χ2v) is 7.34. The van der Waals surface area contributed by atoms with Gasteiger partial charge in [-0.15, -0.1) is 0 Å². The molecule has 29 heavy (non-hydrogen) atoms. The second-order valence-electron chi connectivity index (χ2n) is 7.34. The topological polar surface area (TPSA) is 35.6 Å². The lowest BCUT2D eigenvalue weighted by Gasteiger charge is -2.34. The van der Waals surface area contributed by atoms with Crippen molar-refractivity contribution in [3.05, 3.63) is 77.9 Å². The summed E-state index contributed by atoms with van der Waals surface area (Å²) in [6.45, 7) is 4.13. The number of rotatable bonds is 5. The molecule has 0 atom stereocenters. The van der Waals surface area contributed by atoms with Gasteiger partial charge in [-0.1, -0.05) is 48.5 Å². The third-order valence-corrected chi connectivity index (χ3v) is 5.33. The molecule has 0 saturated carbocycles. The summed E-state index contributed by atoms with van der Waals surface area (Å²) < 4.78 is 27.4. The minimum atomic E-state index is -0.766. The number of fused-ring (bicyclic) bond motifs is 1. The van der Waals surface area contributed by atoms with Crippen molar-refractivity contribution in [3.63, 3.8) is 0 Å². The maximum atomic E-state index is 13.7. The van der Waals surface area contributed by atoms with E-state index in [2.05, 4.69) is 46.6 Å². The van der Waals surface area contributed by atoms with Crippen LogP contribution in [-0.2, 0) is 11.3 Å². The van der Waals surface area contributed by atoms with Gasteiger partial charge >= 0.3 is 0 Å². The predicted octanol–water partition coefficient (Wildman–Crippen LogP) is 3.87. The van der Waals surface area contributed by atoms with E-state index < -0.39 is 17.5 Å². The van der Waals surface area contributed by atoms with Gasteiger partial charge in [-0.05, 0) is 28.5 Å². The highest BCUT2D eigenvalue weighted by Crippen LogP contribution is 2.21. The number of anilines is 1. The molecule has 3 aromatic carbocycles. The number of hydrogen-bond acceptors (Lipinski definition) is 3. The number of para-hydroxylation sites is 1. The second kappa shape index (κ2) is 8.68. The molecular formula is C23H23F2N3O. The monoisotopic (exact) mass is 395 g/mol. The third-order valence-electron chi connectivity index (χ3n) is 5.33. The van der Waals surface area contributed by atoms with Crippen molar-refractivity contribution in [3.8, 4) is 0 Å². The minimum absolute atomic E-state index is 0.121. The van der Waals surface area contributed by atoms with Crippen molar-refractivity contribution in [1.29, 1.82) is 0 Å². The molecule has 6 heteroatoms. The first-order valence-electron chi connectivity index (χ1n) is 9.75. The van der Waals surface area contributed by atoms with Gasteiger partial charge in [0.15, 0.2) is 0 Å². The van der Waals surface area contributed by atoms with Gasteiger partial charge in [0.2, 0.25) is 5.91 Å². The number of carbonyl (C=O) groups is 1. The standard InChI is InChI=1S/C23H23F2N3O/c24-20-9-4-10-21(25)23(20)26-22(29)16-28-13-11-27(12-14-28)15-18-7-3-6-17-5-1-2-8-19(17)18/h1-10H,11-16H2,(H,26,29). The van der Waals surface area contributed by atoms with Crippen molar-refractivity contribution in [1.82, 2.24) is 9.80 Å². The highest BCUT2D eigenvalue weighted by atomic mass is 19.1. The molecule has 1 fully saturated rings. The summed E-state index contributed by atoms with van der Waals surface area (Å²) in [5.41, 5.74) is 0.913. The third kappa shape index (κ3) is 4.60. The molecule has 0 aromatic heterocycles. The fraction of sp³-hybridized carbons (Fsp3) is 0.261. The fourth-order valence-electron chi connectivity index (χ4n) is 3.78. The molecule has 150 valence electrons. The van der Waals surface area contributed by atoms with Gasteiger partial charge in [0, 0.05) is 32.7 Å². The van der Waals surface area contributed by atoms with Crippen molar-refractivity contribution >= 4 is 22.4 Å². The molecule has 0 aliphatic carbocycles. The summed E-state index contributed by atoms with van der Waals surface area (Å²) >= 11 is 0. The molecule has 4 rings (SSSR count). The number of amides is 1. The highest BCUT2D eigenvalue weighted by Gasteiger charge is 2.20. The molecule has 1 saturated heterocycles. The molecule has 1 heterocycles. The molecule has 3 aromatic rings. The Bertz CT molecular complexity index is 990. The van der Waals surface area contributed by atoms with Crippen LogP contribution in [0.2, 0.25) is 0 Å². The molecule has 1 N–H and O–H groups in total. The highest BCUT2D eigenvalue weighted by molar-refractivity contribution is 5.92. The van der Waals surface area contributed by atoms with Crippen LogP contribution in [0.5, 0.6) is 0 Å². The lowest BCUT2D eigenvalue weighted by atomic mass is 10.0. The molecule has 4 nitrogen and oxygen atoms in total. The van der Waals surface area contributed by atoms with E-state index in [0.717, 1.165) is 44.9 Å². The Hall–Kier alpha value is -2.83. The van der Waals surface area contributed by atoms with Crippen molar-refractivity contribution in [2.45, 2.75) is 6.54 Å². The summed E-state index contributed by atoms with van der Waals surface area (Å²) in [5.74, 6) is -1.94. The zero-order valence-electron chi connectivity index (χ0n) is 16.1. The fourth-order valence-corrected chi connectivity index (χ4v) is 3.78. The Balaban J connectivity index is 1.31. The van der Waals surface area contributed by atoms with E-state index in [4.69, 9.17) is 0 Å². The van der Waals surface area contributed by atoms with E-state index in [1.807, 2.05) is 11.0 Å². The van der Waals surface area contributed by atoms with E-state index in [1.54, 1.807) is 0 Å². The number of benzene rings is 3. The minimum Gasteiger partial charge on any atom is -0.320 e. The number of piperazine rings is 1. The summed E-state index contributed by atoms with van der Waals surface area (Å²) in [4.78, 5) is 16.6. The van der Waals surface area contributed by atoms with E-state index in [9.17, 15) is 13.6 Å². The molecule has 0 bridgehead atoms. The molecule has 0 unspecified atom stereocenters. The summed E-state index contributed by atoms with van der Waals surface area (Å²) in [6, 6.07) is 18.3. The van der Waals surface area contributed by atoms with Crippen LogP contribution in [0.1, 0.15) is 5.56 Å². The van der Waals surface area contributed by atoms with E-state index in [-0.39, 0.29) is 12.2 Å². The molecular weight excluding hydrogens is 372 g/mol. The Morgan fingerprint density at radius 2 is 1.45 bits per heavy atom. The van der Waals surface area contributed by atoms with Gasteiger partial charge < -0.3 is 5.32 Å². The average molecular weight is 395 g/mol. The Labute approximate surface area is 168 Å². The van der Waals surface area contributed by atoms with Gasteiger partial charge in [-0.3, -0.25) is 14.6 Å². The zero-order chi connectivity index (χ0) is 20.2. The number of hydrogen-bond donors (Lipinski definition) is 1. The Kier molecular flexibility index (Phi) is 5.83. The van der Waals surface area contributed by atoms with E-state index >= 15 is 0 Å². The molecule has 1 aliphatic heterocycles. The van der Waals surface area contributed by atoms with Crippen LogP contribution in [0, 0.1) is 11.6 Å². The number of carbonyl (C=O) groups excluding carboxylic acids is 1. The lowest BCUT2D eigenvalue weighted by molar-refractivity contribution is -0.117. The first-order valence-corrected chi connectivity index (χ1v) is 9.75. The first kappa shape index (κ1) is 19.5. The maximum absolute atomic E-state index is 13.7. The summed E-state index contributed by atoms with van der Waals surface area (Å²) in [5, 5.41) is 4.86. The van der Waals surface area contributed by atoms with Crippen LogP contribution in [0.3, 0.4) is 0 Å². The van der Waals surface area contributed by atoms with E-state index in [1.165, 1.54) is 22.4 Å². The Morgan fingerprint density at radius 1 is 0.828 bits per heavy atom. The number of nitrogens with zero attached hydrogens (tertiary/aromatic N) is 2. The van der Waals surface area contributed by atoms with Crippen LogP contribution in [0.25, 0.3) is 10.8 Å². The normalized spacial score (nSPS) is 15.5. The first-order chi connectivity index (χ1) is 14.1. The van der Waals surface area contributed by atoms with Gasteiger partial charge in [0.25, 0.3) is 0 Å². The van der Waals surface area contributed by atoms with Crippen LogP contribution < -0.4 is 5.32 Å². The molecule has 1 aliphatic rings. The van der Waals surface area contributed by atoms with E-state index in [0.29, 0.717) is 0 Å². The smallest absolute Gasteiger partial charge is 0.238 e. The number of halogens is 2. The number of nitrogens with one attached hydrogen (secondary N) is 1. The van der Waals surface area contributed by atoms with Crippen LogP contribution in [-0.4, -0.2) is 48.4 Å². The zero-order valence-corrected chi connectivity index (χ0v) is 16.1. The van der Waals surface area contributed by atoms with Gasteiger partial charge in [0.1, 0.15) is 17.3 Å². The van der Waals surface area contributed by atoms with Gasteiger partial charge in [-0.2, -0.15) is 0 Å². The Morgan fingerprint density at radius 3 is 2.21 bits per heavy atom. The van der Waals surface area contributed by atoms with Gasteiger partial charge in [-0.25, -0.2) is 8.78 Å². The largest absolute Gasteiger partial charge is 0.320 e. The molecule has 1 amide bonds. The molecule has 0 radical (unpaired) electrons. The molecule has 0 spiro atoms. The quantitative estimate of drug-likeness (QED) is 0.712. The van der Waals surface area contributed by atoms with Crippen molar-refractivity contribution < 1.29 is 13.6 Å². The summed E-state index contributed by atoms with van der Waals surface area (Å²) in [6.07, 6.45) is 0. The average Bonchev–Trinajstić information content (AvgIpc) is 2.73. The SMILES string of the molecule is O=C(CN1CCN(Cc2cccc3ccccc23)CC1)Nc1c(F)cccc1F. The lowest BCUT2D eigenvalue weighted by Crippen LogP contribution is -2.48. The predicted molar refractivity (Wildman–Crippen MR) is 111 cm³/mol. The van der Waals surface area contributed by atoms with Gasteiger partial charge in [0.05, 0.1) is 6.54 Å². The van der Waals surface area contributed by atoms with Crippen LogP contribution in [0.15, 0.2) is 60.7 Å². The van der Waals surface area contributed by atoms with Crippen LogP contribution in [0.4, 0.5) is 14.5 Å². The van der Waals surface area contributed by atoms with Crippen molar-refractivity contribution in [2.75, 3.05) is 38.0 Å². The van der Waals surface area contributed by atoms with Crippen LogP contribution >= 0.6 is 0 Å². The maximum Gasteiger partial charge on any atom is 0.238 e. The van der Waals surface area contributed by atoms with Crippen molar-refractivity contribution in [2.24, 2.45) is 0 Å². The summed E-state index contributed by atoms with van der Waals surface area (Å²) in [7, 11) is 0.